The van der Waals surface area contributed by atoms with E-state index < -0.39 is 0 Å². The summed E-state index contributed by atoms with van der Waals surface area (Å²) >= 11 is 1.47. The summed E-state index contributed by atoms with van der Waals surface area (Å²) in [7, 11) is 0. The van der Waals surface area contributed by atoms with Crippen LogP contribution in [0.15, 0.2) is 53.9 Å². The van der Waals surface area contributed by atoms with E-state index in [1.54, 1.807) is 6.07 Å². The number of aromatic nitrogens is 1. The number of benzene rings is 2. The number of nitrogens with zero attached hydrogens (tertiary/aromatic N) is 2. The van der Waals surface area contributed by atoms with E-state index in [-0.39, 0.29) is 36.0 Å². The van der Waals surface area contributed by atoms with E-state index in [0.717, 1.165) is 46.8 Å². The standard InChI is InChI=1S/C27H30FN3O2S/c1-18-10-11-22(28)14-21(18)15-23-17-34-26(30-23)16-29-25(32)13-19(2)27(33)31-12-6-9-24(31)20-7-4-3-5-8-20/h3-5,7-8,10-11,14,17,19,24H,6,9,12-13,15-16H2,1-2H3,(H,29,32)/t19-,24?/m1/s1. The molecule has 0 aliphatic carbocycles. The van der Waals surface area contributed by atoms with Gasteiger partial charge in [-0.05, 0) is 48.6 Å². The summed E-state index contributed by atoms with van der Waals surface area (Å²) in [6.45, 7) is 4.83. The second-order valence-electron chi connectivity index (χ2n) is 8.96. The third-order valence-corrected chi connectivity index (χ3v) is 7.25. The molecule has 1 N–H and O–H groups in total. The van der Waals surface area contributed by atoms with Crippen LogP contribution in [0, 0.1) is 18.7 Å². The first kappa shape index (κ1) is 24.1. The van der Waals surface area contributed by atoms with E-state index in [1.165, 1.54) is 23.5 Å². The molecule has 1 fully saturated rings. The van der Waals surface area contributed by atoms with Gasteiger partial charge in [-0.25, -0.2) is 9.37 Å². The highest BCUT2D eigenvalue weighted by Gasteiger charge is 2.32. The van der Waals surface area contributed by atoms with E-state index in [4.69, 9.17) is 0 Å². The van der Waals surface area contributed by atoms with E-state index in [1.807, 2.05) is 42.3 Å². The number of likely N-dealkylation sites (tertiary alicyclic amines) is 1. The zero-order valence-corrected chi connectivity index (χ0v) is 20.4. The lowest BCUT2D eigenvalue weighted by Gasteiger charge is -2.27. The average Bonchev–Trinajstić information content (AvgIpc) is 3.50. The van der Waals surface area contributed by atoms with Crippen LogP contribution in [0.3, 0.4) is 0 Å². The van der Waals surface area contributed by atoms with Crippen LogP contribution < -0.4 is 5.32 Å². The summed E-state index contributed by atoms with van der Waals surface area (Å²) < 4.78 is 13.5. The number of hydrogen-bond donors (Lipinski definition) is 1. The molecule has 1 aromatic heterocycles. The maximum absolute atomic E-state index is 13.5. The van der Waals surface area contributed by atoms with Gasteiger partial charge in [0.15, 0.2) is 0 Å². The predicted molar refractivity (Wildman–Crippen MR) is 132 cm³/mol. The van der Waals surface area contributed by atoms with E-state index in [0.29, 0.717) is 13.0 Å². The zero-order chi connectivity index (χ0) is 24.1. The fourth-order valence-electron chi connectivity index (χ4n) is 4.48. The van der Waals surface area contributed by atoms with Crippen molar-refractivity contribution in [2.45, 2.75) is 52.1 Å². The molecule has 2 aromatic carbocycles. The van der Waals surface area contributed by atoms with Gasteiger partial charge in [0.1, 0.15) is 10.8 Å². The van der Waals surface area contributed by atoms with Gasteiger partial charge in [0.25, 0.3) is 0 Å². The molecule has 178 valence electrons. The number of thiazole rings is 1. The molecular formula is C27H30FN3O2S. The van der Waals surface area contributed by atoms with E-state index >= 15 is 0 Å². The molecule has 34 heavy (non-hydrogen) atoms. The smallest absolute Gasteiger partial charge is 0.226 e. The van der Waals surface area contributed by atoms with Crippen molar-refractivity contribution >= 4 is 23.2 Å². The van der Waals surface area contributed by atoms with Gasteiger partial charge < -0.3 is 10.2 Å². The van der Waals surface area contributed by atoms with Crippen LogP contribution in [0.1, 0.15) is 59.6 Å². The highest BCUT2D eigenvalue weighted by Crippen LogP contribution is 2.33. The third-order valence-electron chi connectivity index (χ3n) is 6.35. The molecule has 4 rings (SSSR count). The Morgan fingerprint density at radius 3 is 2.82 bits per heavy atom. The summed E-state index contributed by atoms with van der Waals surface area (Å²) in [5.41, 5.74) is 3.94. The summed E-state index contributed by atoms with van der Waals surface area (Å²) in [6.07, 6.45) is 2.64. The summed E-state index contributed by atoms with van der Waals surface area (Å²) in [5, 5.41) is 5.63. The Morgan fingerprint density at radius 1 is 1.24 bits per heavy atom. The van der Waals surface area contributed by atoms with Crippen molar-refractivity contribution in [3.8, 4) is 0 Å². The lowest BCUT2D eigenvalue weighted by Crippen LogP contribution is -2.37. The number of aryl methyl sites for hydroxylation is 1. The van der Waals surface area contributed by atoms with Gasteiger partial charge >= 0.3 is 0 Å². The first-order chi connectivity index (χ1) is 16.4. The highest BCUT2D eigenvalue weighted by molar-refractivity contribution is 7.09. The molecule has 1 unspecified atom stereocenters. The molecule has 0 bridgehead atoms. The van der Waals surface area contributed by atoms with Gasteiger partial charge in [-0.1, -0.05) is 43.3 Å². The van der Waals surface area contributed by atoms with Gasteiger partial charge in [0, 0.05) is 30.7 Å². The van der Waals surface area contributed by atoms with Gasteiger partial charge in [-0.2, -0.15) is 0 Å². The minimum Gasteiger partial charge on any atom is -0.350 e. The second kappa shape index (κ2) is 10.9. The molecule has 2 heterocycles. The lowest BCUT2D eigenvalue weighted by atomic mass is 10.0. The minimum absolute atomic E-state index is 0.0310. The molecule has 3 aromatic rings. The van der Waals surface area contributed by atoms with Gasteiger partial charge in [-0.3, -0.25) is 9.59 Å². The van der Waals surface area contributed by atoms with Crippen LogP contribution in [-0.4, -0.2) is 28.2 Å². The molecular weight excluding hydrogens is 449 g/mol. The van der Waals surface area contributed by atoms with Crippen LogP contribution in [0.2, 0.25) is 0 Å². The lowest BCUT2D eigenvalue weighted by molar-refractivity contribution is -0.138. The molecule has 0 radical (unpaired) electrons. The number of hydrogen-bond acceptors (Lipinski definition) is 4. The molecule has 1 aliphatic rings. The molecule has 5 nitrogen and oxygen atoms in total. The van der Waals surface area contributed by atoms with Crippen molar-refractivity contribution in [1.82, 2.24) is 15.2 Å². The molecule has 2 amide bonds. The minimum atomic E-state index is -0.382. The van der Waals surface area contributed by atoms with Crippen molar-refractivity contribution in [1.29, 1.82) is 0 Å². The van der Waals surface area contributed by atoms with Crippen molar-refractivity contribution < 1.29 is 14.0 Å². The van der Waals surface area contributed by atoms with Crippen molar-refractivity contribution in [3.05, 3.63) is 87.1 Å². The first-order valence-corrected chi connectivity index (χ1v) is 12.6. The Kier molecular flexibility index (Phi) is 7.73. The molecule has 7 heteroatoms. The van der Waals surface area contributed by atoms with Gasteiger partial charge in [0.05, 0.1) is 18.3 Å². The summed E-state index contributed by atoms with van der Waals surface area (Å²) in [6, 6.07) is 14.9. The number of halogens is 1. The van der Waals surface area contributed by atoms with Crippen molar-refractivity contribution in [3.63, 3.8) is 0 Å². The predicted octanol–water partition coefficient (Wildman–Crippen LogP) is 5.19. The van der Waals surface area contributed by atoms with Crippen LogP contribution in [0.5, 0.6) is 0 Å². The normalized spacial score (nSPS) is 16.4. The molecule has 1 saturated heterocycles. The Morgan fingerprint density at radius 2 is 2.03 bits per heavy atom. The second-order valence-corrected chi connectivity index (χ2v) is 9.91. The van der Waals surface area contributed by atoms with Crippen LogP contribution in [0.4, 0.5) is 4.39 Å². The largest absolute Gasteiger partial charge is 0.350 e. The summed E-state index contributed by atoms with van der Waals surface area (Å²) in [5.74, 6) is -0.763. The number of carbonyl (C=O) groups excluding carboxylic acids is 2. The topological polar surface area (TPSA) is 62.3 Å². The first-order valence-electron chi connectivity index (χ1n) is 11.7. The van der Waals surface area contributed by atoms with Crippen LogP contribution >= 0.6 is 11.3 Å². The highest BCUT2D eigenvalue weighted by atomic mass is 32.1. The maximum Gasteiger partial charge on any atom is 0.226 e. The quantitative estimate of drug-likeness (QED) is 0.484. The fraction of sp³-hybridized carbons (Fsp3) is 0.370. The van der Waals surface area contributed by atoms with Crippen LogP contribution in [-0.2, 0) is 22.6 Å². The number of amides is 2. The Hall–Kier alpha value is -3.06. The molecule has 0 spiro atoms. The number of carbonyl (C=O) groups is 2. The monoisotopic (exact) mass is 479 g/mol. The van der Waals surface area contributed by atoms with Gasteiger partial charge in [-0.15, -0.1) is 11.3 Å². The average molecular weight is 480 g/mol. The number of rotatable bonds is 8. The Balaban J connectivity index is 1.28. The van der Waals surface area contributed by atoms with Gasteiger partial charge in [0.2, 0.25) is 11.8 Å². The fourth-order valence-corrected chi connectivity index (χ4v) is 5.22. The van der Waals surface area contributed by atoms with Crippen molar-refractivity contribution in [2.75, 3.05) is 6.54 Å². The zero-order valence-electron chi connectivity index (χ0n) is 19.6. The van der Waals surface area contributed by atoms with Crippen LogP contribution in [0.25, 0.3) is 0 Å². The van der Waals surface area contributed by atoms with E-state index in [9.17, 15) is 14.0 Å². The summed E-state index contributed by atoms with van der Waals surface area (Å²) in [4.78, 5) is 32.1. The maximum atomic E-state index is 13.5. The Bertz CT molecular complexity index is 1150. The molecule has 0 saturated carbocycles. The number of nitrogens with one attached hydrogen (secondary N) is 1. The van der Waals surface area contributed by atoms with E-state index in [2.05, 4.69) is 22.4 Å². The van der Waals surface area contributed by atoms with Crippen molar-refractivity contribution in [2.24, 2.45) is 5.92 Å². The Labute approximate surface area is 204 Å². The molecule has 2 atom stereocenters. The molecule has 1 aliphatic heterocycles. The third kappa shape index (κ3) is 5.89. The SMILES string of the molecule is Cc1ccc(F)cc1Cc1csc(CNC(=O)C[C@@H](C)C(=O)N2CCCC2c2ccccc2)n1.